The molecule has 142 valence electrons. The molecule has 0 unspecified atom stereocenters. The number of rotatable bonds is 5. The van der Waals surface area contributed by atoms with E-state index in [9.17, 15) is 14.9 Å². The van der Waals surface area contributed by atoms with Gasteiger partial charge in [-0.3, -0.25) is 19.8 Å². The lowest BCUT2D eigenvalue weighted by Gasteiger charge is -2.35. The molecule has 6 nitrogen and oxygen atoms in total. The number of thiophene rings is 1. The number of carbonyl (C=O) groups excluding carboxylic acids is 1. The molecule has 1 N–H and O–H groups in total. The summed E-state index contributed by atoms with van der Waals surface area (Å²) in [6.45, 7) is 1.01. The third-order valence-electron chi connectivity index (χ3n) is 4.87. The highest BCUT2D eigenvalue weighted by atomic mass is 32.1. The number of nitro groups is 1. The fourth-order valence-corrected chi connectivity index (χ4v) is 4.55. The number of nitrogens with one attached hydrogen (secondary N) is 1. The lowest BCUT2D eigenvalue weighted by atomic mass is 9.93. The van der Waals surface area contributed by atoms with Crippen LogP contribution in [-0.2, 0) is 11.2 Å². The van der Waals surface area contributed by atoms with Crippen molar-refractivity contribution in [2.45, 2.75) is 12.5 Å². The molecule has 0 spiro atoms. The van der Waals surface area contributed by atoms with Gasteiger partial charge in [-0.15, -0.1) is 11.3 Å². The van der Waals surface area contributed by atoms with Crippen LogP contribution in [0.15, 0.2) is 66.0 Å². The zero-order valence-corrected chi connectivity index (χ0v) is 15.9. The van der Waals surface area contributed by atoms with Crippen LogP contribution in [0.3, 0.4) is 0 Å². The van der Waals surface area contributed by atoms with Crippen molar-refractivity contribution in [3.63, 3.8) is 0 Å². The minimum atomic E-state index is -0.468. The van der Waals surface area contributed by atoms with E-state index < -0.39 is 4.92 Å². The van der Waals surface area contributed by atoms with Crippen LogP contribution in [0.5, 0.6) is 0 Å². The minimum absolute atomic E-state index is 0.0343. The first-order valence-electron chi connectivity index (χ1n) is 9.01. The molecule has 0 fully saturated rings. The normalized spacial score (nSPS) is 16.4. The summed E-state index contributed by atoms with van der Waals surface area (Å²) >= 11 is 1.76. The molecule has 4 rings (SSSR count). The summed E-state index contributed by atoms with van der Waals surface area (Å²) in [5, 5.41) is 15.8. The number of amides is 1. The Balaban J connectivity index is 1.54. The van der Waals surface area contributed by atoms with Crippen LogP contribution in [0.2, 0.25) is 0 Å². The molecule has 0 radical (unpaired) electrons. The zero-order chi connectivity index (χ0) is 19.5. The summed E-state index contributed by atoms with van der Waals surface area (Å²) in [7, 11) is 0. The average Bonchev–Trinajstić information content (AvgIpc) is 3.17. The second-order valence-corrected chi connectivity index (χ2v) is 7.69. The summed E-state index contributed by atoms with van der Waals surface area (Å²) in [4.78, 5) is 26.7. The van der Waals surface area contributed by atoms with Gasteiger partial charge in [-0.05, 0) is 35.1 Å². The van der Waals surface area contributed by atoms with Crippen molar-refractivity contribution in [3.8, 4) is 0 Å². The number of fused-ring (bicyclic) bond motifs is 1. The Kier molecular flexibility index (Phi) is 5.18. The van der Waals surface area contributed by atoms with Crippen LogP contribution in [0.4, 0.5) is 11.4 Å². The summed E-state index contributed by atoms with van der Waals surface area (Å²) < 4.78 is 0. The second-order valence-electron chi connectivity index (χ2n) is 6.69. The lowest BCUT2D eigenvalue weighted by Crippen LogP contribution is -2.40. The topological polar surface area (TPSA) is 75.5 Å². The molecular formula is C21H19N3O3S. The van der Waals surface area contributed by atoms with Gasteiger partial charge in [-0.1, -0.05) is 36.4 Å². The number of non-ortho nitro benzene ring substituents is 1. The summed E-state index contributed by atoms with van der Waals surface area (Å²) in [5.74, 6) is -0.180. The second kappa shape index (κ2) is 7.92. The third-order valence-corrected chi connectivity index (χ3v) is 5.86. The van der Waals surface area contributed by atoms with Crippen molar-refractivity contribution in [1.82, 2.24) is 4.90 Å². The van der Waals surface area contributed by atoms with E-state index in [1.807, 2.05) is 18.2 Å². The number of hydrogen-bond acceptors (Lipinski definition) is 5. The number of benzene rings is 2. The van der Waals surface area contributed by atoms with Crippen molar-refractivity contribution < 1.29 is 9.72 Å². The predicted molar refractivity (Wildman–Crippen MR) is 110 cm³/mol. The van der Waals surface area contributed by atoms with Crippen molar-refractivity contribution >= 4 is 28.6 Å². The number of nitro benzene ring substituents is 1. The lowest BCUT2D eigenvalue weighted by molar-refractivity contribution is -0.384. The van der Waals surface area contributed by atoms with E-state index in [1.165, 1.54) is 22.6 Å². The fraction of sp³-hybridized carbons (Fsp3) is 0.190. The largest absolute Gasteiger partial charge is 0.325 e. The smallest absolute Gasteiger partial charge is 0.271 e. The summed E-state index contributed by atoms with van der Waals surface area (Å²) in [6.07, 6.45) is 0.917. The average molecular weight is 393 g/mol. The van der Waals surface area contributed by atoms with Crippen molar-refractivity contribution in [3.05, 3.63) is 92.2 Å². The van der Waals surface area contributed by atoms with Gasteiger partial charge in [-0.2, -0.15) is 0 Å². The Hall–Kier alpha value is -3.03. The molecule has 1 aromatic heterocycles. The van der Waals surface area contributed by atoms with Crippen molar-refractivity contribution in [2.75, 3.05) is 18.4 Å². The fourth-order valence-electron chi connectivity index (χ4n) is 3.65. The Morgan fingerprint density at radius 3 is 2.79 bits per heavy atom. The van der Waals surface area contributed by atoms with E-state index in [0.29, 0.717) is 5.69 Å². The van der Waals surface area contributed by atoms with Gasteiger partial charge in [-0.25, -0.2) is 0 Å². The van der Waals surface area contributed by atoms with Crippen LogP contribution < -0.4 is 5.32 Å². The molecule has 7 heteroatoms. The maximum atomic E-state index is 12.7. The molecule has 2 heterocycles. The first-order valence-corrected chi connectivity index (χ1v) is 9.89. The van der Waals surface area contributed by atoms with E-state index in [2.05, 4.69) is 33.8 Å². The zero-order valence-electron chi connectivity index (χ0n) is 15.1. The van der Waals surface area contributed by atoms with Gasteiger partial charge in [0.05, 0.1) is 17.5 Å². The monoisotopic (exact) mass is 393 g/mol. The van der Waals surface area contributed by atoms with Crippen molar-refractivity contribution in [2.24, 2.45) is 0 Å². The molecule has 1 aliphatic rings. The van der Waals surface area contributed by atoms with Gasteiger partial charge < -0.3 is 5.32 Å². The van der Waals surface area contributed by atoms with Crippen molar-refractivity contribution in [1.29, 1.82) is 0 Å². The number of anilines is 1. The molecule has 1 atom stereocenters. The first kappa shape index (κ1) is 18.3. The molecule has 0 saturated carbocycles. The van der Waals surface area contributed by atoms with Crippen LogP contribution in [0.1, 0.15) is 22.0 Å². The minimum Gasteiger partial charge on any atom is -0.325 e. The third kappa shape index (κ3) is 3.81. The Morgan fingerprint density at radius 1 is 1.18 bits per heavy atom. The standard InChI is InChI=1S/C21H19N3O3S/c25-20(22-16-7-4-8-17(13-16)24(26)27)14-23-11-9-19-18(10-12-28-19)21(23)15-5-2-1-3-6-15/h1-8,10,12-13,21H,9,11,14H2,(H,22,25)/t21-/m1/s1. The quantitative estimate of drug-likeness (QED) is 0.520. The Labute approximate surface area is 166 Å². The van der Waals surface area contributed by atoms with Gasteiger partial charge in [0, 0.05) is 29.2 Å². The van der Waals surface area contributed by atoms with Gasteiger partial charge in [0.1, 0.15) is 0 Å². The number of nitrogens with zero attached hydrogens (tertiary/aromatic N) is 2. The van der Waals surface area contributed by atoms with Crippen LogP contribution in [-0.4, -0.2) is 28.8 Å². The van der Waals surface area contributed by atoms with E-state index in [4.69, 9.17) is 0 Å². The molecule has 1 aliphatic heterocycles. The first-order chi connectivity index (χ1) is 13.6. The van der Waals surface area contributed by atoms with Crippen LogP contribution >= 0.6 is 11.3 Å². The van der Waals surface area contributed by atoms with E-state index in [1.54, 1.807) is 23.5 Å². The molecule has 0 saturated heterocycles. The maximum Gasteiger partial charge on any atom is 0.271 e. The van der Waals surface area contributed by atoms with E-state index in [-0.39, 0.29) is 24.2 Å². The molecule has 2 aromatic carbocycles. The Bertz CT molecular complexity index is 1000. The maximum absolute atomic E-state index is 12.7. The molecule has 3 aromatic rings. The number of hydrogen-bond donors (Lipinski definition) is 1. The van der Waals surface area contributed by atoms with Gasteiger partial charge >= 0.3 is 0 Å². The number of carbonyl (C=O) groups is 1. The molecule has 1 amide bonds. The molecule has 0 aliphatic carbocycles. The van der Waals surface area contributed by atoms with Gasteiger partial charge in [0.15, 0.2) is 0 Å². The SMILES string of the molecule is O=C(CN1CCc2sccc2[C@H]1c1ccccc1)Nc1cccc([N+](=O)[O-])c1. The molecule has 0 bridgehead atoms. The summed E-state index contributed by atoms with van der Waals surface area (Å²) in [6, 6.07) is 18.4. The molecule has 28 heavy (non-hydrogen) atoms. The van der Waals surface area contributed by atoms with E-state index >= 15 is 0 Å². The summed E-state index contributed by atoms with van der Waals surface area (Å²) in [5.41, 5.74) is 2.81. The predicted octanol–water partition coefficient (Wildman–Crippen LogP) is 4.24. The highest BCUT2D eigenvalue weighted by molar-refractivity contribution is 7.10. The van der Waals surface area contributed by atoms with Crippen LogP contribution in [0, 0.1) is 10.1 Å². The van der Waals surface area contributed by atoms with Crippen LogP contribution in [0.25, 0.3) is 0 Å². The van der Waals surface area contributed by atoms with Gasteiger partial charge in [0.2, 0.25) is 5.91 Å². The van der Waals surface area contributed by atoms with Gasteiger partial charge in [0.25, 0.3) is 5.69 Å². The molecular weight excluding hydrogens is 374 g/mol. The highest BCUT2D eigenvalue weighted by Gasteiger charge is 2.30. The Morgan fingerprint density at radius 2 is 2.00 bits per heavy atom. The van der Waals surface area contributed by atoms with E-state index in [0.717, 1.165) is 18.5 Å². The highest BCUT2D eigenvalue weighted by Crippen LogP contribution is 2.37.